The number of hydrogen-bond donors (Lipinski definition) is 0. The molecule has 0 bridgehead atoms. The molecule has 8 nitrogen and oxygen atoms in total. The number of carbonyl (C=O) groups excluding carboxylic acids is 2. The Balaban J connectivity index is 1.66. The van der Waals surface area contributed by atoms with Gasteiger partial charge in [0.1, 0.15) is 17.2 Å². The Bertz CT molecular complexity index is 789. The van der Waals surface area contributed by atoms with Gasteiger partial charge in [-0.1, -0.05) is 0 Å². The predicted octanol–water partition coefficient (Wildman–Crippen LogP) is 1.09. The zero-order valence-electron chi connectivity index (χ0n) is 14.7. The summed E-state index contributed by atoms with van der Waals surface area (Å²) >= 11 is 0. The molecule has 2 aromatic rings. The van der Waals surface area contributed by atoms with Crippen molar-refractivity contribution in [3.63, 3.8) is 0 Å². The van der Waals surface area contributed by atoms with E-state index >= 15 is 0 Å². The molecule has 2 amide bonds. The minimum atomic E-state index is -0.174. The Morgan fingerprint density at radius 3 is 2.23 bits per heavy atom. The first-order chi connectivity index (χ1) is 12.6. The molecule has 1 aromatic heterocycles. The normalized spacial score (nSPS) is 14.1. The standard InChI is InChI=1S/C18H20N4O4/c1-25-13-3-4-14(16(11-13)26-2)17(23)21-7-9-22(10-8-21)18(24)15-12-19-5-6-20-15/h3-6,11-12H,7-10H2,1-2H3. The highest BCUT2D eigenvalue weighted by atomic mass is 16.5. The SMILES string of the molecule is COc1ccc(C(=O)N2CCN(C(=O)c3cnccn3)CC2)c(OC)c1. The number of nitrogens with zero attached hydrogens (tertiary/aromatic N) is 4. The lowest BCUT2D eigenvalue weighted by atomic mass is 10.1. The molecule has 8 heteroatoms. The monoisotopic (exact) mass is 356 g/mol. The van der Waals surface area contributed by atoms with Gasteiger partial charge in [-0.15, -0.1) is 0 Å². The van der Waals surface area contributed by atoms with Gasteiger partial charge in [-0.2, -0.15) is 0 Å². The molecule has 1 aliphatic rings. The highest BCUT2D eigenvalue weighted by molar-refractivity contribution is 5.97. The zero-order chi connectivity index (χ0) is 18.5. The quantitative estimate of drug-likeness (QED) is 0.815. The lowest BCUT2D eigenvalue weighted by molar-refractivity contribution is 0.0530. The van der Waals surface area contributed by atoms with E-state index in [1.54, 1.807) is 35.1 Å². The van der Waals surface area contributed by atoms with Crippen LogP contribution in [0.1, 0.15) is 20.8 Å². The van der Waals surface area contributed by atoms with Crippen LogP contribution in [-0.4, -0.2) is 72.0 Å². The molecule has 0 radical (unpaired) electrons. The van der Waals surface area contributed by atoms with Crippen LogP contribution in [0.25, 0.3) is 0 Å². The topological polar surface area (TPSA) is 84.9 Å². The molecule has 26 heavy (non-hydrogen) atoms. The highest BCUT2D eigenvalue weighted by Crippen LogP contribution is 2.26. The second-order valence-corrected chi connectivity index (χ2v) is 5.74. The van der Waals surface area contributed by atoms with Crippen LogP contribution in [-0.2, 0) is 0 Å². The number of methoxy groups -OCH3 is 2. The predicted molar refractivity (Wildman–Crippen MR) is 93.4 cm³/mol. The average Bonchev–Trinajstić information content (AvgIpc) is 2.73. The number of amides is 2. The maximum Gasteiger partial charge on any atom is 0.274 e. The van der Waals surface area contributed by atoms with Crippen LogP contribution >= 0.6 is 0 Å². The molecule has 0 N–H and O–H groups in total. The minimum Gasteiger partial charge on any atom is -0.497 e. The van der Waals surface area contributed by atoms with Crippen molar-refractivity contribution >= 4 is 11.8 Å². The largest absolute Gasteiger partial charge is 0.497 e. The van der Waals surface area contributed by atoms with Crippen LogP contribution < -0.4 is 9.47 Å². The third-order valence-corrected chi connectivity index (χ3v) is 4.28. The molecular formula is C18H20N4O4. The van der Waals surface area contributed by atoms with Crippen molar-refractivity contribution in [2.45, 2.75) is 0 Å². The number of aromatic nitrogens is 2. The fourth-order valence-corrected chi connectivity index (χ4v) is 2.83. The summed E-state index contributed by atoms with van der Waals surface area (Å²) in [5, 5.41) is 0. The van der Waals surface area contributed by atoms with Crippen molar-refractivity contribution in [2.24, 2.45) is 0 Å². The van der Waals surface area contributed by atoms with Crippen LogP contribution in [0.4, 0.5) is 0 Å². The van der Waals surface area contributed by atoms with Gasteiger partial charge in [0.05, 0.1) is 26.0 Å². The van der Waals surface area contributed by atoms with E-state index in [1.165, 1.54) is 25.7 Å². The zero-order valence-corrected chi connectivity index (χ0v) is 14.7. The smallest absolute Gasteiger partial charge is 0.274 e. The van der Waals surface area contributed by atoms with Crippen LogP contribution in [0.2, 0.25) is 0 Å². The summed E-state index contributed by atoms with van der Waals surface area (Å²) in [4.78, 5) is 36.6. The number of ether oxygens (including phenoxy) is 2. The van der Waals surface area contributed by atoms with Gasteiger partial charge < -0.3 is 19.3 Å². The Hall–Kier alpha value is -3.16. The Morgan fingerprint density at radius 1 is 0.962 bits per heavy atom. The summed E-state index contributed by atoms with van der Waals surface area (Å²) in [5.41, 5.74) is 0.783. The summed E-state index contributed by atoms with van der Waals surface area (Å²) in [7, 11) is 3.08. The molecular weight excluding hydrogens is 336 g/mol. The number of rotatable bonds is 4. The maximum absolute atomic E-state index is 12.8. The van der Waals surface area contributed by atoms with Crippen molar-refractivity contribution in [2.75, 3.05) is 40.4 Å². The van der Waals surface area contributed by atoms with Crippen LogP contribution in [0, 0.1) is 0 Å². The van der Waals surface area contributed by atoms with E-state index in [-0.39, 0.29) is 11.8 Å². The molecule has 0 unspecified atom stereocenters. The van der Waals surface area contributed by atoms with E-state index in [9.17, 15) is 9.59 Å². The first kappa shape index (κ1) is 17.7. The van der Waals surface area contributed by atoms with Gasteiger partial charge in [-0.3, -0.25) is 14.6 Å². The first-order valence-electron chi connectivity index (χ1n) is 8.20. The Labute approximate surface area is 151 Å². The van der Waals surface area contributed by atoms with E-state index in [0.29, 0.717) is 48.9 Å². The summed E-state index contributed by atoms with van der Waals surface area (Å²) in [6, 6.07) is 5.10. The van der Waals surface area contributed by atoms with Gasteiger partial charge in [0, 0.05) is 44.6 Å². The molecule has 0 atom stereocenters. The summed E-state index contributed by atoms with van der Waals surface area (Å²) in [5.74, 6) is 0.786. The van der Waals surface area contributed by atoms with Gasteiger partial charge in [0.2, 0.25) is 0 Å². The lowest BCUT2D eigenvalue weighted by Gasteiger charge is -2.34. The molecule has 2 heterocycles. The molecule has 3 rings (SSSR count). The molecule has 0 saturated carbocycles. The van der Waals surface area contributed by atoms with Gasteiger partial charge in [0.25, 0.3) is 11.8 Å². The Morgan fingerprint density at radius 2 is 1.65 bits per heavy atom. The molecule has 0 aliphatic carbocycles. The highest BCUT2D eigenvalue weighted by Gasteiger charge is 2.27. The average molecular weight is 356 g/mol. The second-order valence-electron chi connectivity index (χ2n) is 5.74. The first-order valence-corrected chi connectivity index (χ1v) is 8.20. The number of carbonyl (C=O) groups is 2. The summed E-state index contributed by atoms with van der Waals surface area (Å²) in [6.07, 6.45) is 4.46. The maximum atomic E-state index is 12.8. The third kappa shape index (κ3) is 3.58. The van der Waals surface area contributed by atoms with Crippen molar-refractivity contribution in [1.29, 1.82) is 0 Å². The Kier molecular flexibility index (Phi) is 5.31. The number of benzene rings is 1. The van der Waals surface area contributed by atoms with Crippen LogP contribution in [0.3, 0.4) is 0 Å². The van der Waals surface area contributed by atoms with Crippen molar-refractivity contribution in [3.8, 4) is 11.5 Å². The van der Waals surface area contributed by atoms with Crippen molar-refractivity contribution in [3.05, 3.63) is 48.0 Å². The lowest BCUT2D eigenvalue weighted by Crippen LogP contribution is -2.50. The minimum absolute atomic E-state index is 0.129. The van der Waals surface area contributed by atoms with Crippen molar-refractivity contribution in [1.82, 2.24) is 19.8 Å². The van der Waals surface area contributed by atoms with Gasteiger partial charge in [-0.25, -0.2) is 4.98 Å². The van der Waals surface area contributed by atoms with Crippen LogP contribution in [0.15, 0.2) is 36.8 Å². The van der Waals surface area contributed by atoms with E-state index in [4.69, 9.17) is 9.47 Å². The number of hydrogen-bond acceptors (Lipinski definition) is 6. The van der Waals surface area contributed by atoms with Crippen LogP contribution in [0.5, 0.6) is 11.5 Å². The second kappa shape index (κ2) is 7.81. The van der Waals surface area contributed by atoms with Gasteiger partial charge in [-0.05, 0) is 12.1 Å². The van der Waals surface area contributed by atoms with E-state index < -0.39 is 0 Å². The fourth-order valence-electron chi connectivity index (χ4n) is 2.83. The molecule has 1 aromatic carbocycles. The molecule has 1 saturated heterocycles. The molecule has 136 valence electrons. The fraction of sp³-hybridized carbons (Fsp3) is 0.333. The van der Waals surface area contributed by atoms with Gasteiger partial charge >= 0.3 is 0 Å². The summed E-state index contributed by atoms with van der Waals surface area (Å²) in [6.45, 7) is 1.78. The van der Waals surface area contributed by atoms with E-state index in [2.05, 4.69) is 9.97 Å². The summed E-state index contributed by atoms with van der Waals surface area (Å²) < 4.78 is 10.5. The van der Waals surface area contributed by atoms with Gasteiger partial charge in [0.15, 0.2) is 0 Å². The van der Waals surface area contributed by atoms with E-state index in [0.717, 1.165) is 0 Å². The third-order valence-electron chi connectivity index (χ3n) is 4.28. The van der Waals surface area contributed by atoms with E-state index in [1.807, 2.05) is 0 Å². The molecule has 0 spiro atoms. The number of piperazine rings is 1. The van der Waals surface area contributed by atoms with Crippen molar-refractivity contribution < 1.29 is 19.1 Å². The molecule has 1 aliphatic heterocycles. The molecule has 1 fully saturated rings.